The summed E-state index contributed by atoms with van der Waals surface area (Å²) < 4.78 is 5.41. The first-order valence-corrected chi connectivity index (χ1v) is 7.88. The van der Waals surface area contributed by atoms with E-state index in [1.807, 2.05) is 30.3 Å². The van der Waals surface area contributed by atoms with Crippen LogP contribution in [0.1, 0.15) is 30.0 Å². The van der Waals surface area contributed by atoms with Crippen molar-refractivity contribution in [1.82, 2.24) is 15.3 Å². The number of nitrogens with one attached hydrogen (secondary N) is 2. The number of carbonyl (C=O) groups excluding carboxylic acids is 1. The Hall–Kier alpha value is -2.67. The third-order valence-electron chi connectivity index (χ3n) is 4.05. The number of benzene rings is 1. The molecule has 0 unspecified atom stereocenters. The van der Waals surface area contributed by atoms with Crippen LogP contribution >= 0.6 is 0 Å². The highest BCUT2D eigenvalue weighted by molar-refractivity contribution is 5.77. The molecule has 24 heavy (non-hydrogen) atoms. The summed E-state index contributed by atoms with van der Waals surface area (Å²) in [7, 11) is 0. The van der Waals surface area contributed by atoms with Crippen LogP contribution < -0.4 is 16.6 Å². The fraction of sp³-hybridized carbons (Fsp3) is 0.353. The Morgan fingerprint density at radius 1 is 1.33 bits per heavy atom. The number of nitrogen functional groups attached to an aromatic ring is 1. The van der Waals surface area contributed by atoms with Crippen LogP contribution in [0.15, 0.2) is 41.2 Å². The van der Waals surface area contributed by atoms with Gasteiger partial charge in [-0.3, -0.25) is 14.6 Å². The summed E-state index contributed by atoms with van der Waals surface area (Å²) in [6.07, 6.45) is 1.50. The van der Waals surface area contributed by atoms with Gasteiger partial charge in [-0.2, -0.15) is 0 Å². The Labute approximate surface area is 139 Å². The van der Waals surface area contributed by atoms with Gasteiger partial charge < -0.3 is 15.8 Å². The van der Waals surface area contributed by atoms with E-state index in [2.05, 4.69) is 15.3 Å². The molecule has 1 aliphatic carbocycles. The molecule has 1 aliphatic rings. The predicted molar refractivity (Wildman–Crippen MR) is 89.3 cm³/mol. The molecule has 1 heterocycles. The van der Waals surface area contributed by atoms with Gasteiger partial charge in [-0.05, 0) is 18.4 Å². The second-order valence-corrected chi connectivity index (χ2v) is 5.97. The third-order valence-corrected chi connectivity index (χ3v) is 4.05. The van der Waals surface area contributed by atoms with E-state index >= 15 is 0 Å². The zero-order valence-electron chi connectivity index (χ0n) is 13.2. The third kappa shape index (κ3) is 4.20. The van der Waals surface area contributed by atoms with Gasteiger partial charge in [0.05, 0.1) is 12.3 Å². The van der Waals surface area contributed by atoms with Crippen LogP contribution in [0, 0.1) is 0 Å². The van der Waals surface area contributed by atoms with Gasteiger partial charge in [-0.1, -0.05) is 30.3 Å². The zero-order chi connectivity index (χ0) is 16.9. The molecule has 0 spiro atoms. The number of hydrogen-bond acceptors (Lipinski definition) is 5. The number of rotatable bonds is 6. The van der Waals surface area contributed by atoms with Crippen molar-refractivity contribution in [2.45, 2.75) is 31.4 Å². The average Bonchev–Trinajstić information content (AvgIpc) is 2.50. The summed E-state index contributed by atoms with van der Waals surface area (Å²) in [5.74, 6) is 0.150. The van der Waals surface area contributed by atoms with Gasteiger partial charge in [-0.25, -0.2) is 4.98 Å². The normalized spacial score (nSPS) is 19.5. The summed E-state index contributed by atoms with van der Waals surface area (Å²) in [6, 6.07) is 11.3. The van der Waals surface area contributed by atoms with Crippen LogP contribution in [0.2, 0.25) is 0 Å². The summed E-state index contributed by atoms with van der Waals surface area (Å²) in [4.78, 5) is 29.8. The quantitative estimate of drug-likeness (QED) is 0.731. The standard InChI is InChI=1S/C17H20N4O3/c18-17-20-14(8-15(22)21-17)12-6-13(7-12)19-16(23)10-24-9-11-4-2-1-3-5-11/h1-5,8,12-13H,6-7,9-10H2,(H,19,23)(H3,18,20,21,22). The second-order valence-electron chi connectivity index (χ2n) is 5.97. The Balaban J connectivity index is 1.39. The molecule has 1 saturated carbocycles. The molecule has 1 amide bonds. The number of amides is 1. The first-order chi connectivity index (χ1) is 11.6. The van der Waals surface area contributed by atoms with Crippen LogP contribution in [0.3, 0.4) is 0 Å². The monoisotopic (exact) mass is 328 g/mol. The highest BCUT2D eigenvalue weighted by Gasteiger charge is 2.32. The lowest BCUT2D eigenvalue weighted by Crippen LogP contribution is -2.45. The van der Waals surface area contributed by atoms with Gasteiger partial charge in [0.15, 0.2) is 0 Å². The van der Waals surface area contributed by atoms with E-state index in [9.17, 15) is 9.59 Å². The summed E-state index contributed by atoms with van der Waals surface area (Å²) in [5, 5.41) is 2.92. The van der Waals surface area contributed by atoms with Crippen molar-refractivity contribution in [2.24, 2.45) is 0 Å². The minimum Gasteiger partial charge on any atom is -0.369 e. The van der Waals surface area contributed by atoms with Gasteiger partial charge in [0.1, 0.15) is 6.61 Å². The first-order valence-electron chi connectivity index (χ1n) is 7.88. The van der Waals surface area contributed by atoms with E-state index in [1.165, 1.54) is 6.07 Å². The molecule has 4 N–H and O–H groups in total. The second kappa shape index (κ2) is 7.27. The van der Waals surface area contributed by atoms with Crippen molar-refractivity contribution in [3.8, 4) is 0 Å². The molecule has 7 heteroatoms. The Morgan fingerprint density at radius 3 is 2.79 bits per heavy atom. The summed E-state index contributed by atoms with van der Waals surface area (Å²) >= 11 is 0. The van der Waals surface area contributed by atoms with Gasteiger partial charge in [0.2, 0.25) is 11.9 Å². The molecule has 0 radical (unpaired) electrons. The molecular weight excluding hydrogens is 308 g/mol. The maximum Gasteiger partial charge on any atom is 0.252 e. The van der Waals surface area contributed by atoms with Gasteiger partial charge in [-0.15, -0.1) is 0 Å². The molecule has 126 valence electrons. The van der Waals surface area contributed by atoms with Crippen molar-refractivity contribution >= 4 is 11.9 Å². The molecule has 0 atom stereocenters. The highest BCUT2D eigenvalue weighted by Crippen LogP contribution is 2.35. The van der Waals surface area contributed by atoms with E-state index in [0.717, 1.165) is 18.4 Å². The van der Waals surface area contributed by atoms with Crippen molar-refractivity contribution in [2.75, 3.05) is 12.3 Å². The van der Waals surface area contributed by atoms with Crippen molar-refractivity contribution in [3.63, 3.8) is 0 Å². The number of nitrogens with two attached hydrogens (primary N) is 1. The van der Waals surface area contributed by atoms with E-state index in [4.69, 9.17) is 10.5 Å². The Kier molecular flexibility index (Phi) is 4.90. The van der Waals surface area contributed by atoms with E-state index in [1.54, 1.807) is 0 Å². The van der Waals surface area contributed by atoms with E-state index < -0.39 is 0 Å². The number of ether oxygens (including phenoxy) is 1. The molecule has 0 bridgehead atoms. The van der Waals surface area contributed by atoms with Crippen LogP contribution in [0.5, 0.6) is 0 Å². The minimum atomic E-state index is -0.251. The highest BCUT2D eigenvalue weighted by atomic mass is 16.5. The Morgan fingerprint density at radius 2 is 2.08 bits per heavy atom. The molecule has 0 saturated heterocycles. The topological polar surface area (TPSA) is 110 Å². The SMILES string of the molecule is Nc1nc(C2CC(NC(=O)COCc3ccccc3)C2)cc(=O)[nH]1. The maximum absolute atomic E-state index is 11.9. The van der Waals surface area contributed by atoms with Crippen molar-refractivity contribution < 1.29 is 9.53 Å². The van der Waals surface area contributed by atoms with Gasteiger partial charge >= 0.3 is 0 Å². The fourth-order valence-electron chi connectivity index (χ4n) is 2.79. The Bertz CT molecular complexity index is 754. The number of anilines is 1. The molecule has 1 fully saturated rings. The average molecular weight is 328 g/mol. The van der Waals surface area contributed by atoms with Crippen LogP contribution in [0.25, 0.3) is 0 Å². The molecule has 2 aromatic rings. The first kappa shape index (κ1) is 16.2. The van der Waals surface area contributed by atoms with Crippen molar-refractivity contribution in [1.29, 1.82) is 0 Å². The smallest absolute Gasteiger partial charge is 0.252 e. The van der Waals surface area contributed by atoms with Gasteiger partial charge in [0, 0.05) is 18.0 Å². The van der Waals surface area contributed by atoms with Crippen LogP contribution in [-0.4, -0.2) is 28.5 Å². The van der Waals surface area contributed by atoms with E-state index in [0.29, 0.717) is 12.3 Å². The van der Waals surface area contributed by atoms with Crippen molar-refractivity contribution in [3.05, 3.63) is 58.0 Å². The molecule has 1 aromatic carbocycles. The summed E-state index contributed by atoms with van der Waals surface area (Å²) in [5.41, 5.74) is 7.01. The number of nitrogens with zero attached hydrogens (tertiary/aromatic N) is 1. The molecular formula is C17H20N4O3. The van der Waals surface area contributed by atoms with Gasteiger partial charge in [0.25, 0.3) is 5.56 Å². The maximum atomic E-state index is 11.9. The van der Waals surface area contributed by atoms with Crippen LogP contribution in [-0.2, 0) is 16.1 Å². The lowest BCUT2D eigenvalue weighted by atomic mass is 9.78. The number of H-pyrrole nitrogens is 1. The number of hydrogen-bond donors (Lipinski definition) is 3. The largest absolute Gasteiger partial charge is 0.369 e. The molecule has 3 rings (SSSR count). The van der Waals surface area contributed by atoms with Crippen LogP contribution in [0.4, 0.5) is 5.95 Å². The number of carbonyl (C=O) groups is 1. The molecule has 0 aliphatic heterocycles. The number of aromatic nitrogens is 2. The lowest BCUT2D eigenvalue weighted by molar-refractivity contribution is -0.127. The predicted octanol–water partition coefficient (Wildman–Crippen LogP) is 0.931. The molecule has 7 nitrogen and oxygen atoms in total. The zero-order valence-corrected chi connectivity index (χ0v) is 13.2. The molecule has 1 aromatic heterocycles. The van der Waals surface area contributed by atoms with E-state index in [-0.39, 0.29) is 36.0 Å². The summed E-state index contributed by atoms with van der Waals surface area (Å²) in [6.45, 7) is 0.448. The fourth-order valence-corrected chi connectivity index (χ4v) is 2.79. The minimum absolute atomic E-state index is 0.0340. The number of aromatic amines is 1. The lowest BCUT2D eigenvalue weighted by Gasteiger charge is -2.35.